The third-order valence-corrected chi connectivity index (χ3v) is 6.42. The van der Waals surface area contributed by atoms with Gasteiger partial charge in [-0.3, -0.25) is 14.5 Å². The Bertz CT molecular complexity index is 966. The summed E-state index contributed by atoms with van der Waals surface area (Å²) in [5, 5.41) is 8.90. The molecule has 0 radical (unpaired) electrons. The monoisotopic (exact) mass is 463 g/mol. The van der Waals surface area contributed by atoms with Gasteiger partial charge in [0.05, 0.1) is 6.54 Å². The predicted octanol–water partition coefficient (Wildman–Crippen LogP) is 3.54. The van der Waals surface area contributed by atoms with Crippen LogP contribution < -0.4 is 16.0 Å². The molecule has 1 aliphatic carbocycles. The van der Waals surface area contributed by atoms with E-state index in [9.17, 15) is 14.4 Å². The van der Waals surface area contributed by atoms with Crippen LogP contribution in [0.5, 0.6) is 0 Å². The van der Waals surface area contributed by atoms with Gasteiger partial charge >= 0.3 is 6.03 Å². The maximum absolute atomic E-state index is 12.7. The molecule has 1 saturated carbocycles. The number of hydrogen-bond donors (Lipinski definition) is 3. The van der Waals surface area contributed by atoms with Gasteiger partial charge < -0.3 is 20.9 Å². The fourth-order valence-corrected chi connectivity index (χ4v) is 4.46. The summed E-state index contributed by atoms with van der Waals surface area (Å²) >= 11 is 0. The van der Waals surface area contributed by atoms with Gasteiger partial charge in [0, 0.05) is 49.2 Å². The molecule has 1 aliphatic heterocycles. The largest absolute Gasteiger partial charge is 0.349 e. The first-order chi connectivity index (χ1) is 16.6. The Hall–Kier alpha value is -3.39. The Labute approximate surface area is 200 Å². The Morgan fingerprint density at radius 3 is 2.09 bits per heavy atom. The molecule has 0 aromatic heterocycles. The number of nitrogens with zero attached hydrogens (tertiary/aromatic N) is 2. The van der Waals surface area contributed by atoms with Crippen LogP contribution in [0.1, 0.15) is 42.5 Å². The molecule has 3 N–H and O–H groups in total. The summed E-state index contributed by atoms with van der Waals surface area (Å²) in [6.45, 7) is 2.67. The Morgan fingerprint density at radius 2 is 1.41 bits per heavy atom. The number of para-hydroxylation sites is 1. The Morgan fingerprint density at radius 1 is 0.765 bits per heavy atom. The van der Waals surface area contributed by atoms with Crippen LogP contribution in [0.3, 0.4) is 0 Å². The third kappa shape index (κ3) is 6.81. The first-order valence-electron chi connectivity index (χ1n) is 12.1. The maximum atomic E-state index is 12.7. The van der Waals surface area contributed by atoms with Gasteiger partial charge in [0.1, 0.15) is 0 Å². The molecule has 8 nitrogen and oxygen atoms in total. The lowest BCUT2D eigenvalue weighted by Crippen LogP contribution is -2.51. The van der Waals surface area contributed by atoms with E-state index in [-0.39, 0.29) is 23.9 Å². The number of carbonyl (C=O) groups excluding carboxylic acids is 3. The first-order valence-corrected chi connectivity index (χ1v) is 12.1. The number of benzene rings is 2. The highest BCUT2D eigenvalue weighted by atomic mass is 16.2. The minimum absolute atomic E-state index is 0.0581. The van der Waals surface area contributed by atoms with Crippen LogP contribution in [0.4, 0.5) is 16.2 Å². The minimum Gasteiger partial charge on any atom is -0.349 e. The lowest BCUT2D eigenvalue weighted by molar-refractivity contribution is -0.117. The number of nitrogens with one attached hydrogen (secondary N) is 3. The SMILES string of the molecule is O=C(CN1CCN(C(=O)Nc2ccc(C(=O)NC3CCCCC3)cc2)CC1)Nc1ccccc1. The molecule has 2 fully saturated rings. The smallest absolute Gasteiger partial charge is 0.321 e. The van der Waals surface area contributed by atoms with Crippen molar-refractivity contribution in [2.45, 2.75) is 38.1 Å². The van der Waals surface area contributed by atoms with Crippen molar-refractivity contribution in [2.24, 2.45) is 0 Å². The zero-order chi connectivity index (χ0) is 23.8. The fraction of sp³-hybridized carbons (Fsp3) is 0.423. The average Bonchev–Trinajstić information content (AvgIpc) is 2.86. The van der Waals surface area contributed by atoms with Gasteiger partial charge in [-0.05, 0) is 49.2 Å². The molecule has 2 aromatic rings. The highest BCUT2D eigenvalue weighted by Gasteiger charge is 2.23. The number of anilines is 2. The molecule has 0 spiro atoms. The zero-order valence-electron chi connectivity index (χ0n) is 19.5. The molecule has 4 amide bonds. The van der Waals surface area contributed by atoms with Crippen molar-refractivity contribution in [1.29, 1.82) is 0 Å². The van der Waals surface area contributed by atoms with Crippen LogP contribution in [-0.4, -0.2) is 66.4 Å². The van der Waals surface area contributed by atoms with E-state index in [4.69, 9.17) is 0 Å². The number of rotatable bonds is 6. The zero-order valence-corrected chi connectivity index (χ0v) is 19.5. The molecule has 2 aromatic carbocycles. The minimum atomic E-state index is -0.173. The van der Waals surface area contributed by atoms with Crippen molar-refractivity contribution >= 4 is 29.2 Å². The maximum Gasteiger partial charge on any atom is 0.321 e. The van der Waals surface area contributed by atoms with Crippen molar-refractivity contribution in [3.8, 4) is 0 Å². The van der Waals surface area contributed by atoms with E-state index in [0.717, 1.165) is 18.5 Å². The summed E-state index contributed by atoms with van der Waals surface area (Å²) in [6, 6.07) is 16.5. The highest BCUT2D eigenvalue weighted by molar-refractivity contribution is 5.96. The molecule has 180 valence electrons. The summed E-state index contributed by atoms with van der Waals surface area (Å²) < 4.78 is 0. The molecule has 8 heteroatoms. The Balaban J connectivity index is 1.19. The second kappa shape index (κ2) is 11.7. The van der Waals surface area contributed by atoms with Gasteiger partial charge in [-0.25, -0.2) is 4.79 Å². The van der Waals surface area contributed by atoms with Crippen molar-refractivity contribution in [3.63, 3.8) is 0 Å². The van der Waals surface area contributed by atoms with Gasteiger partial charge in [-0.15, -0.1) is 0 Å². The van der Waals surface area contributed by atoms with Crippen LogP contribution in [0.15, 0.2) is 54.6 Å². The molecule has 1 saturated heterocycles. The fourth-order valence-electron chi connectivity index (χ4n) is 4.46. The molecular weight excluding hydrogens is 430 g/mol. The summed E-state index contributed by atoms with van der Waals surface area (Å²) in [7, 11) is 0. The summed E-state index contributed by atoms with van der Waals surface area (Å²) in [4.78, 5) is 41.2. The van der Waals surface area contributed by atoms with Crippen molar-refractivity contribution < 1.29 is 14.4 Å². The quantitative estimate of drug-likeness (QED) is 0.611. The molecule has 4 rings (SSSR count). The second-order valence-corrected chi connectivity index (χ2v) is 8.99. The average molecular weight is 464 g/mol. The van der Waals surface area contributed by atoms with Crippen LogP contribution >= 0.6 is 0 Å². The van der Waals surface area contributed by atoms with Crippen LogP contribution in [0.2, 0.25) is 0 Å². The van der Waals surface area contributed by atoms with Crippen molar-refractivity contribution in [1.82, 2.24) is 15.1 Å². The number of piperazine rings is 1. The molecule has 0 bridgehead atoms. The summed E-state index contributed by atoms with van der Waals surface area (Å²) in [5.41, 5.74) is 2.04. The normalized spacial score (nSPS) is 17.1. The van der Waals surface area contributed by atoms with E-state index in [1.165, 1.54) is 19.3 Å². The van der Waals surface area contributed by atoms with E-state index in [1.54, 1.807) is 29.2 Å². The molecule has 0 unspecified atom stereocenters. The van der Waals surface area contributed by atoms with Gasteiger partial charge in [-0.1, -0.05) is 37.5 Å². The number of hydrogen-bond acceptors (Lipinski definition) is 4. The Kier molecular flexibility index (Phi) is 8.14. The highest BCUT2D eigenvalue weighted by Crippen LogP contribution is 2.18. The van der Waals surface area contributed by atoms with E-state index in [1.807, 2.05) is 35.2 Å². The summed E-state index contributed by atoms with van der Waals surface area (Å²) in [5.74, 6) is -0.117. The molecule has 2 aliphatic rings. The van der Waals surface area contributed by atoms with Crippen LogP contribution in [-0.2, 0) is 4.79 Å². The standard InChI is InChI=1S/C26H33N5O3/c32-24(27-21-7-3-1-4-8-21)19-30-15-17-31(18-16-30)26(34)29-23-13-11-20(12-14-23)25(33)28-22-9-5-2-6-10-22/h1,3-4,7-8,11-14,22H,2,5-6,9-10,15-19H2,(H,27,32)(H,28,33)(H,29,34). The van der Waals surface area contributed by atoms with E-state index in [2.05, 4.69) is 16.0 Å². The van der Waals surface area contributed by atoms with Crippen LogP contribution in [0.25, 0.3) is 0 Å². The lowest BCUT2D eigenvalue weighted by atomic mass is 9.95. The number of carbonyl (C=O) groups is 3. The third-order valence-electron chi connectivity index (χ3n) is 6.42. The lowest BCUT2D eigenvalue weighted by Gasteiger charge is -2.34. The van der Waals surface area contributed by atoms with Gasteiger partial charge in [0.15, 0.2) is 0 Å². The first kappa shape index (κ1) is 23.8. The van der Waals surface area contributed by atoms with Gasteiger partial charge in [-0.2, -0.15) is 0 Å². The molecule has 34 heavy (non-hydrogen) atoms. The van der Waals surface area contributed by atoms with E-state index >= 15 is 0 Å². The number of amides is 4. The van der Waals surface area contributed by atoms with E-state index < -0.39 is 0 Å². The summed E-state index contributed by atoms with van der Waals surface area (Å²) in [6.07, 6.45) is 5.69. The van der Waals surface area contributed by atoms with Gasteiger partial charge in [0.2, 0.25) is 5.91 Å². The molecule has 1 heterocycles. The van der Waals surface area contributed by atoms with E-state index in [0.29, 0.717) is 44.0 Å². The van der Waals surface area contributed by atoms with Crippen LogP contribution in [0, 0.1) is 0 Å². The predicted molar refractivity (Wildman–Crippen MR) is 133 cm³/mol. The second-order valence-electron chi connectivity index (χ2n) is 8.99. The van der Waals surface area contributed by atoms with Crippen molar-refractivity contribution in [3.05, 3.63) is 60.2 Å². The topological polar surface area (TPSA) is 93.8 Å². The number of urea groups is 1. The molecule has 0 atom stereocenters. The van der Waals surface area contributed by atoms with Crippen molar-refractivity contribution in [2.75, 3.05) is 43.4 Å². The molecular formula is C26H33N5O3. The van der Waals surface area contributed by atoms with Gasteiger partial charge in [0.25, 0.3) is 5.91 Å².